The zero-order valence-electron chi connectivity index (χ0n) is 12.1. The minimum absolute atomic E-state index is 1.17. The fraction of sp³-hybridized carbons (Fsp3) is 0.500. The van der Waals surface area contributed by atoms with Gasteiger partial charge in [-0.25, -0.2) is 0 Å². The molecule has 0 aliphatic carbocycles. The third kappa shape index (κ3) is 5.45. The van der Waals surface area contributed by atoms with E-state index in [9.17, 15) is 0 Å². The summed E-state index contributed by atoms with van der Waals surface area (Å²) < 4.78 is 3.57. The number of halogens is 3. The Kier molecular flexibility index (Phi) is 7.98. The summed E-state index contributed by atoms with van der Waals surface area (Å²) in [5.74, 6) is 0. The molecule has 0 saturated carbocycles. The van der Waals surface area contributed by atoms with E-state index in [0.717, 1.165) is 0 Å². The van der Waals surface area contributed by atoms with E-state index < -0.39 is 0 Å². The number of hydrogen-bond acceptors (Lipinski definition) is 2. The molecular weight excluding hydrogens is 496 g/mol. The topological polar surface area (TPSA) is 0 Å². The van der Waals surface area contributed by atoms with E-state index in [4.69, 9.17) is 0 Å². The summed E-state index contributed by atoms with van der Waals surface area (Å²) in [5, 5.41) is 0. The Bertz CT molecular complexity index is 572. The fourth-order valence-corrected chi connectivity index (χ4v) is 7.27. The van der Waals surface area contributed by atoms with Gasteiger partial charge in [0.25, 0.3) is 0 Å². The highest BCUT2D eigenvalue weighted by Gasteiger charge is 2.14. The van der Waals surface area contributed by atoms with Gasteiger partial charge in [0.05, 0.1) is 13.5 Å². The molecule has 0 spiro atoms. The zero-order chi connectivity index (χ0) is 15.2. The lowest BCUT2D eigenvalue weighted by atomic mass is 10.1. The van der Waals surface area contributed by atoms with Crippen molar-refractivity contribution < 1.29 is 0 Å². The number of thiophene rings is 2. The van der Waals surface area contributed by atoms with E-state index >= 15 is 0 Å². The lowest BCUT2D eigenvalue weighted by Crippen LogP contribution is -1.82. The SMILES string of the molecule is CCCCCCCCc1cc(Br)c(-c2sc(Br)cc2Br)s1. The highest BCUT2D eigenvalue weighted by molar-refractivity contribution is 9.11. The second-order valence-corrected chi connectivity index (χ2v) is 10.4. The molecule has 0 amide bonds. The molecule has 5 heteroatoms. The van der Waals surface area contributed by atoms with Crippen LogP contribution >= 0.6 is 70.5 Å². The van der Waals surface area contributed by atoms with Gasteiger partial charge in [-0.3, -0.25) is 0 Å². The Labute approximate surface area is 160 Å². The second-order valence-electron chi connectivity index (χ2n) is 5.14. The Hall–Kier alpha value is 0.840. The summed E-state index contributed by atoms with van der Waals surface area (Å²) >= 11 is 14.6. The molecule has 2 rings (SSSR count). The average Bonchev–Trinajstić information content (AvgIpc) is 2.96. The van der Waals surface area contributed by atoms with Crippen LogP contribution in [0.1, 0.15) is 50.3 Å². The van der Waals surface area contributed by atoms with Crippen molar-refractivity contribution in [3.63, 3.8) is 0 Å². The van der Waals surface area contributed by atoms with Crippen LogP contribution in [0, 0.1) is 0 Å². The van der Waals surface area contributed by atoms with Crippen LogP contribution in [0.4, 0.5) is 0 Å². The number of hydrogen-bond donors (Lipinski definition) is 0. The lowest BCUT2D eigenvalue weighted by molar-refractivity contribution is 0.609. The molecule has 0 N–H and O–H groups in total. The molecule has 0 aliphatic heterocycles. The predicted octanol–water partition coefficient (Wildman–Crippen LogP) is 8.67. The Morgan fingerprint density at radius 1 is 0.810 bits per heavy atom. The lowest BCUT2D eigenvalue weighted by Gasteiger charge is -1.99. The van der Waals surface area contributed by atoms with Crippen LogP contribution < -0.4 is 0 Å². The van der Waals surface area contributed by atoms with Gasteiger partial charge in [0.15, 0.2) is 0 Å². The van der Waals surface area contributed by atoms with Crippen molar-refractivity contribution in [2.45, 2.75) is 51.9 Å². The molecule has 0 atom stereocenters. The van der Waals surface area contributed by atoms with Crippen LogP contribution in [-0.4, -0.2) is 0 Å². The van der Waals surface area contributed by atoms with Gasteiger partial charge in [-0.05, 0) is 72.8 Å². The van der Waals surface area contributed by atoms with Crippen LogP contribution in [0.25, 0.3) is 9.75 Å². The molecule has 0 aliphatic rings. The third-order valence-electron chi connectivity index (χ3n) is 3.38. The van der Waals surface area contributed by atoms with E-state index in [2.05, 4.69) is 66.8 Å². The number of rotatable bonds is 8. The van der Waals surface area contributed by atoms with Crippen LogP contribution in [0.5, 0.6) is 0 Å². The van der Waals surface area contributed by atoms with E-state index in [-0.39, 0.29) is 0 Å². The molecule has 2 aromatic heterocycles. The molecular formula is C16H19Br3S2. The maximum Gasteiger partial charge on any atom is 0.0717 e. The summed E-state index contributed by atoms with van der Waals surface area (Å²) in [5.41, 5.74) is 0. The maximum absolute atomic E-state index is 3.72. The van der Waals surface area contributed by atoms with Crippen LogP contribution in [0.15, 0.2) is 24.9 Å². The predicted molar refractivity (Wildman–Crippen MR) is 108 cm³/mol. The van der Waals surface area contributed by atoms with Gasteiger partial charge < -0.3 is 0 Å². The molecule has 0 radical (unpaired) electrons. The summed E-state index contributed by atoms with van der Waals surface area (Å²) in [6.07, 6.45) is 9.37. The fourth-order valence-electron chi connectivity index (χ4n) is 2.27. The smallest absolute Gasteiger partial charge is 0.0717 e. The minimum atomic E-state index is 1.17. The van der Waals surface area contributed by atoms with Gasteiger partial charge in [0, 0.05) is 13.8 Å². The normalized spacial score (nSPS) is 11.2. The highest BCUT2D eigenvalue weighted by atomic mass is 79.9. The van der Waals surface area contributed by atoms with Crippen molar-refractivity contribution in [3.8, 4) is 9.75 Å². The first-order valence-corrected chi connectivity index (χ1v) is 11.4. The van der Waals surface area contributed by atoms with Gasteiger partial charge in [-0.2, -0.15) is 0 Å². The first-order chi connectivity index (χ1) is 10.1. The maximum atomic E-state index is 3.72. The zero-order valence-corrected chi connectivity index (χ0v) is 18.4. The van der Waals surface area contributed by atoms with Crippen LogP contribution in [0.3, 0.4) is 0 Å². The first kappa shape index (κ1) is 18.2. The number of unbranched alkanes of at least 4 members (excludes halogenated alkanes) is 5. The molecule has 0 saturated heterocycles. The summed E-state index contributed by atoms with van der Waals surface area (Å²) in [4.78, 5) is 4.15. The third-order valence-corrected chi connectivity index (χ3v) is 8.15. The van der Waals surface area contributed by atoms with Gasteiger partial charge in [0.1, 0.15) is 0 Å². The number of aryl methyl sites for hydroxylation is 1. The van der Waals surface area contributed by atoms with Crippen LogP contribution in [-0.2, 0) is 6.42 Å². The van der Waals surface area contributed by atoms with Gasteiger partial charge in [-0.15, -0.1) is 22.7 Å². The molecule has 0 aromatic carbocycles. The highest BCUT2D eigenvalue weighted by Crippen LogP contribution is 2.45. The van der Waals surface area contributed by atoms with Crippen molar-refractivity contribution in [1.29, 1.82) is 0 Å². The Morgan fingerprint density at radius 3 is 2.10 bits per heavy atom. The molecule has 2 aromatic rings. The van der Waals surface area contributed by atoms with E-state index in [1.807, 2.05) is 11.3 Å². The van der Waals surface area contributed by atoms with Crippen molar-refractivity contribution in [2.24, 2.45) is 0 Å². The molecule has 0 nitrogen and oxygen atoms in total. The van der Waals surface area contributed by atoms with Gasteiger partial charge >= 0.3 is 0 Å². The standard InChI is InChI=1S/C16H19Br3S2/c1-2-3-4-5-6-7-8-11-9-12(17)15(20-11)16-13(18)10-14(19)21-16/h9-10H,2-8H2,1H3. The molecule has 21 heavy (non-hydrogen) atoms. The molecule has 0 fully saturated rings. The largest absolute Gasteiger partial charge is 0.138 e. The Morgan fingerprint density at radius 2 is 1.43 bits per heavy atom. The van der Waals surface area contributed by atoms with Gasteiger partial charge in [-0.1, -0.05) is 39.0 Å². The summed E-state index contributed by atoms with van der Waals surface area (Å²) in [6, 6.07) is 4.42. The molecule has 116 valence electrons. The van der Waals surface area contributed by atoms with Crippen molar-refractivity contribution in [2.75, 3.05) is 0 Å². The summed E-state index contributed by atoms with van der Waals surface area (Å²) in [7, 11) is 0. The monoisotopic (exact) mass is 512 g/mol. The molecule has 2 heterocycles. The second kappa shape index (κ2) is 9.21. The minimum Gasteiger partial charge on any atom is -0.138 e. The quantitative estimate of drug-likeness (QED) is 0.309. The van der Waals surface area contributed by atoms with Crippen molar-refractivity contribution >= 4 is 70.5 Å². The van der Waals surface area contributed by atoms with E-state index in [1.165, 1.54) is 72.3 Å². The van der Waals surface area contributed by atoms with E-state index in [0.29, 0.717) is 0 Å². The average molecular weight is 515 g/mol. The van der Waals surface area contributed by atoms with Crippen molar-refractivity contribution in [3.05, 3.63) is 29.7 Å². The summed E-state index contributed by atoms with van der Waals surface area (Å²) in [6.45, 7) is 2.27. The van der Waals surface area contributed by atoms with Crippen LogP contribution in [0.2, 0.25) is 0 Å². The van der Waals surface area contributed by atoms with E-state index in [1.54, 1.807) is 11.3 Å². The first-order valence-electron chi connectivity index (χ1n) is 7.35. The van der Waals surface area contributed by atoms with Crippen molar-refractivity contribution in [1.82, 2.24) is 0 Å². The molecule has 0 unspecified atom stereocenters. The Balaban J connectivity index is 1.92. The van der Waals surface area contributed by atoms with Gasteiger partial charge in [0.2, 0.25) is 0 Å². The molecule has 0 bridgehead atoms.